The van der Waals surface area contributed by atoms with Crippen LogP contribution in [0.5, 0.6) is 0 Å². The van der Waals surface area contributed by atoms with Gasteiger partial charge in [-0.1, -0.05) is 31.2 Å². The summed E-state index contributed by atoms with van der Waals surface area (Å²) in [5.41, 5.74) is 2.50. The monoisotopic (exact) mass is 227 g/mol. The zero-order valence-corrected chi connectivity index (χ0v) is 10.1. The topological polar surface area (TPSA) is 20.3 Å². The normalized spacial score (nSPS) is 19.4. The van der Waals surface area contributed by atoms with Gasteiger partial charge in [-0.2, -0.15) is 0 Å². The minimum atomic E-state index is 0.0948. The second-order valence-corrected chi connectivity index (χ2v) is 4.51. The number of likely N-dealkylation sites (tertiary alicyclic amines) is 1. The maximum atomic E-state index is 11.7. The van der Waals surface area contributed by atoms with Crippen molar-refractivity contribution in [2.45, 2.75) is 26.3 Å². The van der Waals surface area contributed by atoms with E-state index in [1.54, 1.807) is 0 Å². The van der Waals surface area contributed by atoms with Crippen molar-refractivity contribution in [1.29, 1.82) is 0 Å². The third-order valence-corrected chi connectivity index (χ3v) is 3.25. The first-order valence-electron chi connectivity index (χ1n) is 6.04. The minimum Gasteiger partial charge on any atom is -0.337 e. The fourth-order valence-corrected chi connectivity index (χ4v) is 2.14. The van der Waals surface area contributed by atoms with Gasteiger partial charge in [-0.25, -0.2) is 0 Å². The summed E-state index contributed by atoms with van der Waals surface area (Å²) in [6, 6.07) is 8.42. The minimum absolute atomic E-state index is 0.0948. The molecule has 2 nitrogen and oxygen atoms in total. The van der Waals surface area contributed by atoms with Crippen LogP contribution in [0.4, 0.5) is 0 Å². The van der Waals surface area contributed by atoms with Gasteiger partial charge in [0.2, 0.25) is 5.91 Å². The third-order valence-electron chi connectivity index (χ3n) is 3.25. The first-order valence-corrected chi connectivity index (χ1v) is 6.04. The van der Waals surface area contributed by atoms with E-state index < -0.39 is 0 Å². The van der Waals surface area contributed by atoms with Crippen LogP contribution in [-0.2, 0) is 17.8 Å². The van der Waals surface area contributed by atoms with Crippen molar-refractivity contribution in [2.75, 3.05) is 6.54 Å². The van der Waals surface area contributed by atoms with Crippen LogP contribution in [-0.4, -0.2) is 17.4 Å². The van der Waals surface area contributed by atoms with Crippen molar-refractivity contribution >= 4 is 5.91 Å². The Labute approximate surface area is 103 Å². The molecule has 0 saturated carbocycles. The van der Waals surface area contributed by atoms with E-state index in [1.807, 2.05) is 4.90 Å². The van der Waals surface area contributed by atoms with Crippen LogP contribution in [0.15, 0.2) is 24.3 Å². The van der Waals surface area contributed by atoms with Gasteiger partial charge in [0.15, 0.2) is 0 Å². The van der Waals surface area contributed by atoms with E-state index >= 15 is 0 Å². The highest BCUT2D eigenvalue weighted by Gasteiger charge is 2.27. The second-order valence-electron chi connectivity index (χ2n) is 4.51. The van der Waals surface area contributed by atoms with Gasteiger partial charge in [0.05, 0.1) is 0 Å². The maximum absolute atomic E-state index is 11.7. The molecule has 1 heterocycles. The van der Waals surface area contributed by atoms with E-state index in [2.05, 4.69) is 37.1 Å². The van der Waals surface area contributed by atoms with Gasteiger partial charge < -0.3 is 4.90 Å². The first-order chi connectivity index (χ1) is 8.22. The fraction of sp³-hybridized carbons (Fsp3) is 0.400. The zero-order valence-electron chi connectivity index (χ0n) is 10.1. The van der Waals surface area contributed by atoms with Crippen LogP contribution in [0.2, 0.25) is 0 Å². The lowest BCUT2D eigenvalue weighted by Gasteiger charge is -2.16. The van der Waals surface area contributed by atoms with E-state index in [0.717, 1.165) is 6.42 Å². The lowest BCUT2D eigenvalue weighted by atomic mass is 10.1. The average molecular weight is 227 g/mol. The predicted molar refractivity (Wildman–Crippen MR) is 68.2 cm³/mol. The number of hydrogen-bond acceptors (Lipinski definition) is 1. The van der Waals surface area contributed by atoms with Crippen molar-refractivity contribution < 1.29 is 4.79 Å². The maximum Gasteiger partial charge on any atom is 0.224 e. The average Bonchev–Trinajstić information content (AvgIpc) is 2.71. The number of rotatable bonds is 3. The molecule has 0 aliphatic carbocycles. The van der Waals surface area contributed by atoms with Crippen molar-refractivity contribution in [1.82, 2.24) is 4.90 Å². The highest BCUT2D eigenvalue weighted by molar-refractivity contribution is 5.79. The lowest BCUT2D eigenvalue weighted by Crippen LogP contribution is -2.24. The van der Waals surface area contributed by atoms with Crippen LogP contribution >= 0.6 is 0 Å². The van der Waals surface area contributed by atoms with Gasteiger partial charge in [0, 0.05) is 25.4 Å². The van der Waals surface area contributed by atoms with Gasteiger partial charge in [0.25, 0.3) is 0 Å². The van der Waals surface area contributed by atoms with Gasteiger partial charge in [-0.3, -0.25) is 4.79 Å². The van der Waals surface area contributed by atoms with Crippen LogP contribution in [0.1, 0.15) is 24.5 Å². The Kier molecular flexibility index (Phi) is 3.49. The Morgan fingerprint density at radius 3 is 2.53 bits per heavy atom. The summed E-state index contributed by atoms with van der Waals surface area (Å²) >= 11 is 0. The number of aryl methyl sites for hydroxylation is 1. The molecule has 1 amide bonds. The molecule has 1 aliphatic heterocycles. The fourth-order valence-electron chi connectivity index (χ4n) is 2.14. The summed E-state index contributed by atoms with van der Waals surface area (Å²) < 4.78 is 0. The summed E-state index contributed by atoms with van der Waals surface area (Å²) in [6.07, 6.45) is 6.91. The van der Waals surface area contributed by atoms with Crippen LogP contribution in [0.3, 0.4) is 0 Å². The smallest absolute Gasteiger partial charge is 0.224 e. The molecule has 2 heteroatoms. The Balaban J connectivity index is 2.01. The quantitative estimate of drug-likeness (QED) is 0.725. The molecule has 2 rings (SSSR count). The number of nitrogens with zero attached hydrogens (tertiary/aromatic N) is 1. The number of carbonyl (C=O) groups excluding carboxylic acids is 1. The Hall–Kier alpha value is -1.75. The SMILES string of the molecule is C#CC1CC(=O)N(Cc2ccc(CC)cc2)C1. The number of hydrogen-bond donors (Lipinski definition) is 0. The van der Waals surface area contributed by atoms with E-state index in [9.17, 15) is 4.79 Å². The van der Waals surface area contributed by atoms with Gasteiger partial charge >= 0.3 is 0 Å². The summed E-state index contributed by atoms with van der Waals surface area (Å²) in [5, 5.41) is 0. The summed E-state index contributed by atoms with van der Waals surface area (Å²) in [5.74, 6) is 2.93. The van der Waals surface area contributed by atoms with Crippen molar-refractivity contribution in [3.63, 3.8) is 0 Å². The van der Waals surface area contributed by atoms with Gasteiger partial charge in [0.1, 0.15) is 0 Å². The lowest BCUT2D eigenvalue weighted by molar-refractivity contribution is -0.128. The Morgan fingerprint density at radius 2 is 2.00 bits per heavy atom. The molecule has 1 aliphatic rings. The molecule has 0 radical (unpaired) electrons. The third kappa shape index (κ3) is 2.68. The van der Waals surface area contributed by atoms with Crippen molar-refractivity contribution in [3.8, 4) is 12.3 Å². The van der Waals surface area contributed by atoms with Gasteiger partial charge in [-0.15, -0.1) is 12.3 Å². The van der Waals surface area contributed by atoms with Crippen LogP contribution in [0, 0.1) is 18.3 Å². The molecule has 1 aromatic rings. The van der Waals surface area contributed by atoms with Gasteiger partial charge in [-0.05, 0) is 17.5 Å². The largest absolute Gasteiger partial charge is 0.337 e. The molecule has 88 valence electrons. The molecule has 0 aromatic heterocycles. The highest BCUT2D eigenvalue weighted by atomic mass is 16.2. The van der Waals surface area contributed by atoms with Crippen molar-refractivity contribution in [3.05, 3.63) is 35.4 Å². The second kappa shape index (κ2) is 5.05. The van der Waals surface area contributed by atoms with Crippen LogP contribution in [0.25, 0.3) is 0 Å². The zero-order chi connectivity index (χ0) is 12.3. The molecule has 0 spiro atoms. The number of benzene rings is 1. The highest BCUT2D eigenvalue weighted by Crippen LogP contribution is 2.19. The Morgan fingerprint density at radius 1 is 1.35 bits per heavy atom. The molecular weight excluding hydrogens is 210 g/mol. The predicted octanol–water partition coefficient (Wildman–Crippen LogP) is 2.23. The molecule has 1 saturated heterocycles. The summed E-state index contributed by atoms with van der Waals surface area (Å²) in [7, 11) is 0. The van der Waals surface area contributed by atoms with E-state index in [-0.39, 0.29) is 11.8 Å². The standard InChI is InChI=1S/C15H17NO/c1-3-12-5-7-14(8-6-12)11-16-10-13(4-2)9-15(16)17/h2,5-8,13H,3,9-11H2,1H3. The Bertz CT molecular complexity index is 441. The van der Waals surface area contributed by atoms with E-state index in [4.69, 9.17) is 6.42 Å². The molecule has 0 N–H and O–H groups in total. The van der Waals surface area contributed by atoms with E-state index in [1.165, 1.54) is 11.1 Å². The molecule has 17 heavy (non-hydrogen) atoms. The molecule has 1 unspecified atom stereocenters. The van der Waals surface area contributed by atoms with Crippen LogP contribution < -0.4 is 0 Å². The molecule has 1 atom stereocenters. The van der Waals surface area contributed by atoms with Crippen molar-refractivity contribution in [2.24, 2.45) is 5.92 Å². The summed E-state index contributed by atoms with van der Waals surface area (Å²) in [6.45, 7) is 3.52. The number of carbonyl (C=O) groups is 1. The number of terminal acetylenes is 1. The molecule has 1 aromatic carbocycles. The molecule has 0 bridgehead atoms. The van der Waals surface area contributed by atoms with E-state index in [0.29, 0.717) is 19.5 Å². The number of amides is 1. The molecular formula is C15H17NO. The summed E-state index contributed by atoms with van der Waals surface area (Å²) in [4.78, 5) is 13.6. The first kappa shape index (κ1) is 11.7. The molecule has 1 fully saturated rings.